The summed E-state index contributed by atoms with van der Waals surface area (Å²) >= 11 is 1.82. The van der Waals surface area contributed by atoms with Crippen LogP contribution in [0.5, 0.6) is 0 Å². The highest BCUT2D eigenvalue weighted by Crippen LogP contribution is 2.46. The predicted molar refractivity (Wildman–Crippen MR) is 207 cm³/mol. The number of fused-ring (bicyclic) bond motifs is 10. The summed E-state index contributed by atoms with van der Waals surface area (Å²) in [7, 11) is 0. The smallest absolute Gasteiger partial charge is 0.227 e. The Kier molecular flexibility index (Phi) is 5.54. The predicted octanol–water partition coefficient (Wildman–Crippen LogP) is 12.9. The van der Waals surface area contributed by atoms with Crippen LogP contribution in [0.2, 0.25) is 0 Å². The number of benzene rings is 8. The van der Waals surface area contributed by atoms with Crippen molar-refractivity contribution in [2.75, 3.05) is 0 Å². The van der Waals surface area contributed by atoms with E-state index in [0.29, 0.717) is 5.89 Å². The van der Waals surface area contributed by atoms with Gasteiger partial charge in [-0.2, -0.15) is 0 Å². The molecule has 0 saturated heterocycles. The minimum Gasteiger partial charge on any atom is -0.436 e. The van der Waals surface area contributed by atoms with Crippen molar-refractivity contribution in [3.63, 3.8) is 0 Å². The maximum Gasteiger partial charge on any atom is 0.227 e. The van der Waals surface area contributed by atoms with Crippen LogP contribution in [0.3, 0.4) is 0 Å². The van der Waals surface area contributed by atoms with E-state index in [0.717, 1.165) is 38.5 Å². The van der Waals surface area contributed by atoms with Gasteiger partial charge in [0.2, 0.25) is 5.89 Å². The van der Waals surface area contributed by atoms with Gasteiger partial charge in [0.1, 0.15) is 5.52 Å². The molecule has 0 radical (unpaired) electrons. The van der Waals surface area contributed by atoms with Crippen molar-refractivity contribution in [2.24, 2.45) is 0 Å². The van der Waals surface area contributed by atoms with Gasteiger partial charge in [-0.1, -0.05) is 115 Å². The Morgan fingerprint density at radius 1 is 0.510 bits per heavy atom. The molecule has 3 heterocycles. The number of hydrogen-bond donors (Lipinski definition) is 0. The zero-order valence-corrected chi connectivity index (χ0v) is 27.0. The fraction of sp³-hybridized carbons (Fsp3) is 0. The molecule has 3 nitrogen and oxygen atoms in total. The molecule has 0 aliphatic carbocycles. The lowest BCUT2D eigenvalue weighted by Gasteiger charge is -2.14. The van der Waals surface area contributed by atoms with Gasteiger partial charge in [0.25, 0.3) is 0 Å². The number of hydrogen-bond acceptors (Lipinski definition) is 3. The van der Waals surface area contributed by atoms with E-state index in [-0.39, 0.29) is 0 Å². The number of aromatic nitrogens is 2. The van der Waals surface area contributed by atoms with Crippen LogP contribution < -0.4 is 0 Å². The highest BCUT2D eigenvalue weighted by atomic mass is 32.1. The molecule has 0 N–H and O–H groups in total. The first-order valence-electron chi connectivity index (χ1n) is 16.5. The van der Waals surface area contributed by atoms with Gasteiger partial charge in [0.15, 0.2) is 5.58 Å². The van der Waals surface area contributed by atoms with Gasteiger partial charge in [-0.3, -0.25) is 0 Å². The highest BCUT2D eigenvalue weighted by Gasteiger charge is 2.22. The second-order valence-corrected chi connectivity index (χ2v) is 13.8. The van der Waals surface area contributed by atoms with Crippen LogP contribution in [0.1, 0.15) is 0 Å². The standard InChI is InChI=1S/C45H26N2OS/c1-2-12-27(13-3-1)35-26-40-43(42-34-19-9-11-21-41(34)49-44(35)42)46-45(48-40)33-22-23-38(31-17-7-6-16-30(31)33)47-37-20-10-8-18-32(37)36-24-28-14-4-5-15-29(28)25-39(36)47/h1-26H. The Bertz CT molecular complexity index is 3110. The Morgan fingerprint density at radius 3 is 2.06 bits per heavy atom. The van der Waals surface area contributed by atoms with Crippen LogP contribution >= 0.6 is 11.3 Å². The summed E-state index contributed by atoms with van der Waals surface area (Å²) in [5.41, 5.74) is 8.55. The number of thiophene rings is 1. The Labute approximate surface area is 284 Å². The van der Waals surface area contributed by atoms with Crippen molar-refractivity contribution in [2.45, 2.75) is 0 Å². The van der Waals surface area contributed by atoms with Crippen molar-refractivity contribution in [1.82, 2.24) is 9.55 Å². The first-order valence-corrected chi connectivity index (χ1v) is 17.4. The molecular formula is C45H26N2OS. The second-order valence-electron chi connectivity index (χ2n) is 12.7. The van der Waals surface area contributed by atoms with E-state index < -0.39 is 0 Å². The van der Waals surface area contributed by atoms with Gasteiger partial charge in [-0.25, -0.2) is 4.98 Å². The molecule has 0 atom stereocenters. The molecule has 0 saturated carbocycles. The monoisotopic (exact) mass is 642 g/mol. The topological polar surface area (TPSA) is 31.0 Å². The lowest BCUT2D eigenvalue weighted by atomic mass is 10.0. The summed E-state index contributed by atoms with van der Waals surface area (Å²) in [6.07, 6.45) is 0. The number of oxazole rings is 1. The number of para-hydroxylation sites is 1. The molecule has 8 aromatic carbocycles. The molecule has 228 valence electrons. The van der Waals surface area contributed by atoms with Crippen molar-refractivity contribution in [3.05, 3.63) is 158 Å². The van der Waals surface area contributed by atoms with E-state index in [2.05, 4.69) is 162 Å². The molecule has 11 aromatic rings. The largest absolute Gasteiger partial charge is 0.436 e. The van der Waals surface area contributed by atoms with Crippen molar-refractivity contribution >= 4 is 86.0 Å². The molecule has 0 spiro atoms. The Morgan fingerprint density at radius 2 is 1.20 bits per heavy atom. The molecule has 11 rings (SSSR count). The van der Waals surface area contributed by atoms with Crippen LogP contribution in [0.4, 0.5) is 0 Å². The van der Waals surface area contributed by atoms with Gasteiger partial charge in [-0.05, 0) is 64.2 Å². The summed E-state index contributed by atoms with van der Waals surface area (Å²) in [5, 5.41) is 9.60. The van der Waals surface area contributed by atoms with E-state index >= 15 is 0 Å². The first-order chi connectivity index (χ1) is 24.3. The molecular weight excluding hydrogens is 617 g/mol. The van der Waals surface area contributed by atoms with Gasteiger partial charge in [0, 0.05) is 47.5 Å². The van der Waals surface area contributed by atoms with Gasteiger partial charge in [0.05, 0.1) is 16.7 Å². The fourth-order valence-electron chi connectivity index (χ4n) is 7.80. The lowest BCUT2D eigenvalue weighted by Crippen LogP contribution is -1.96. The molecule has 0 fully saturated rings. The lowest BCUT2D eigenvalue weighted by molar-refractivity contribution is 0.621. The molecule has 0 aliphatic rings. The van der Waals surface area contributed by atoms with Crippen molar-refractivity contribution < 1.29 is 4.42 Å². The summed E-state index contributed by atoms with van der Waals surface area (Å²) < 4.78 is 11.7. The van der Waals surface area contributed by atoms with Crippen LogP contribution in [0, 0.1) is 0 Å². The van der Waals surface area contributed by atoms with E-state index in [1.165, 1.54) is 58.5 Å². The first kappa shape index (κ1) is 26.8. The Hall–Kier alpha value is -6.23. The highest BCUT2D eigenvalue weighted by molar-refractivity contribution is 7.26. The average Bonchev–Trinajstić information content (AvgIpc) is 3.85. The van der Waals surface area contributed by atoms with Gasteiger partial charge < -0.3 is 8.98 Å². The zero-order chi connectivity index (χ0) is 32.1. The van der Waals surface area contributed by atoms with Crippen LogP contribution in [0.25, 0.3) is 103 Å². The normalized spacial score (nSPS) is 12.1. The average molecular weight is 643 g/mol. The van der Waals surface area contributed by atoms with E-state index in [1.807, 2.05) is 11.3 Å². The maximum absolute atomic E-state index is 6.76. The summed E-state index contributed by atoms with van der Waals surface area (Å²) in [5.74, 6) is 0.632. The van der Waals surface area contributed by atoms with Crippen molar-refractivity contribution in [1.29, 1.82) is 0 Å². The number of nitrogens with zero attached hydrogens (tertiary/aromatic N) is 2. The molecule has 0 aliphatic heterocycles. The summed E-state index contributed by atoms with van der Waals surface area (Å²) in [6.45, 7) is 0. The summed E-state index contributed by atoms with van der Waals surface area (Å²) in [6, 6.07) is 56.5. The van der Waals surface area contributed by atoms with Crippen LogP contribution in [0.15, 0.2) is 162 Å². The quantitative estimate of drug-likeness (QED) is 0.192. The third kappa shape index (κ3) is 3.86. The van der Waals surface area contributed by atoms with Crippen LogP contribution in [-0.2, 0) is 0 Å². The zero-order valence-electron chi connectivity index (χ0n) is 26.2. The van der Waals surface area contributed by atoms with E-state index in [4.69, 9.17) is 9.40 Å². The SMILES string of the molecule is c1ccc(-c2cc3oc(-c4ccc(-n5c6ccccc6c6cc7ccccc7cc65)c5ccccc45)nc3c3c2sc2ccccc23)cc1. The summed E-state index contributed by atoms with van der Waals surface area (Å²) in [4.78, 5) is 5.28. The molecule has 0 bridgehead atoms. The maximum atomic E-state index is 6.76. The van der Waals surface area contributed by atoms with Crippen LogP contribution in [-0.4, -0.2) is 9.55 Å². The van der Waals surface area contributed by atoms with Crippen molar-refractivity contribution in [3.8, 4) is 28.3 Å². The second kappa shape index (κ2) is 10.1. The molecule has 4 heteroatoms. The third-order valence-electron chi connectivity index (χ3n) is 10.0. The minimum atomic E-state index is 0.632. The van der Waals surface area contributed by atoms with Gasteiger partial charge >= 0.3 is 0 Å². The number of rotatable bonds is 3. The fourth-order valence-corrected chi connectivity index (χ4v) is 9.04. The van der Waals surface area contributed by atoms with Gasteiger partial charge in [-0.15, -0.1) is 11.3 Å². The molecule has 0 unspecified atom stereocenters. The minimum absolute atomic E-state index is 0.632. The van der Waals surface area contributed by atoms with E-state index in [1.54, 1.807) is 0 Å². The Balaban J connectivity index is 1.18. The third-order valence-corrected chi connectivity index (χ3v) is 11.2. The molecule has 0 amide bonds. The molecule has 49 heavy (non-hydrogen) atoms. The van der Waals surface area contributed by atoms with E-state index in [9.17, 15) is 0 Å². The molecule has 3 aromatic heterocycles.